The summed E-state index contributed by atoms with van der Waals surface area (Å²) in [5, 5.41) is 15.8. The first-order valence-corrected chi connectivity index (χ1v) is 7.90. The van der Waals surface area contributed by atoms with Crippen molar-refractivity contribution in [2.24, 2.45) is 5.92 Å². The Balaban J connectivity index is 1.44. The molecule has 23 heavy (non-hydrogen) atoms. The third kappa shape index (κ3) is 2.88. The quantitative estimate of drug-likeness (QED) is 0.786. The van der Waals surface area contributed by atoms with Gasteiger partial charge in [0, 0.05) is 31.1 Å². The summed E-state index contributed by atoms with van der Waals surface area (Å²) < 4.78 is 7.24. The van der Waals surface area contributed by atoms with Gasteiger partial charge in [-0.3, -0.25) is 0 Å². The van der Waals surface area contributed by atoms with Crippen LogP contribution in [0.2, 0.25) is 0 Å². The van der Waals surface area contributed by atoms with Gasteiger partial charge in [-0.05, 0) is 32.1 Å². The van der Waals surface area contributed by atoms with Gasteiger partial charge in [0.15, 0.2) is 0 Å². The van der Waals surface area contributed by atoms with Crippen LogP contribution in [-0.4, -0.2) is 35.8 Å². The fourth-order valence-corrected chi connectivity index (χ4v) is 3.30. The molecular weight excluding hydrogens is 294 g/mol. The molecule has 120 valence electrons. The molecule has 8 heteroatoms. The zero-order chi connectivity index (χ0) is 15.8. The predicted molar refractivity (Wildman–Crippen MR) is 83.0 cm³/mol. The molecule has 0 aromatic carbocycles. The Morgan fingerprint density at radius 2 is 2.22 bits per heavy atom. The Labute approximate surface area is 133 Å². The number of nitrogens with one attached hydrogen (secondary N) is 1. The summed E-state index contributed by atoms with van der Waals surface area (Å²) in [5.74, 6) is 3.52. The average molecular weight is 313 g/mol. The van der Waals surface area contributed by atoms with Crippen LogP contribution in [0, 0.1) is 19.8 Å². The molecule has 0 aliphatic heterocycles. The number of fused-ring (bicyclic) bond motifs is 1. The van der Waals surface area contributed by atoms with E-state index in [0.717, 1.165) is 43.1 Å². The first-order chi connectivity index (χ1) is 11.2. The maximum atomic E-state index is 5.49. The molecule has 1 aliphatic carbocycles. The van der Waals surface area contributed by atoms with E-state index in [2.05, 4.69) is 30.6 Å². The van der Waals surface area contributed by atoms with Gasteiger partial charge in [0.25, 0.3) is 5.78 Å². The third-order valence-corrected chi connectivity index (χ3v) is 4.30. The van der Waals surface area contributed by atoms with Crippen LogP contribution >= 0.6 is 0 Å². The second-order valence-electron chi connectivity index (χ2n) is 6.19. The van der Waals surface area contributed by atoms with Crippen molar-refractivity contribution in [2.45, 2.75) is 45.6 Å². The highest BCUT2D eigenvalue weighted by Crippen LogP contribution is 2.30. The Morgan fingerprint density at radius 1 is 1.30 bits per heavy atom. The molecule has 3 heterocycles. The van der Waals surface area contributed by atoms with Gasteiger partial charge in [-0.1, -0.05) is 0 Å². The minimum Gasteiger partial charge on any atom is -0.426 e. The third-order valence-electron chi connectivity index (χ3n) is 4.30. The van der Waals surface area contributed by atoms with Crippen LogP contribution in [0.5, 0.6) is 0 Å². The van der Waals surface area contributed by atoms with E-state index in [4.69, 9.17) is 4.42 Å². The van der Waals surface area contributed by atoms with Gasteiger partial charge in [0.2, 0.25) is 11.8 Å². The molecule has 0 saturated heterocycles. The molecular formula is C15H19N7O. The molecule has 1 N–H and O–H groups in total. The molecule has 0 radical (unpaired) electrons. The number of aromatic nitrogens is 6. The van der Waals surface area contributed by atoms with Crippen molar-refractivity contribution in [3.63, 3.8) is 0 Å². The van der Waals surface area contributed by atoms with Crippen LogP contribution in [-0.2, 0) is 6.42 Å². The van der Waals surface area contributed by atoms with Crippen LogP contribution in [0.4, 0.5) is 5.82 Å². The lowest BCUT2D eigenvalue weighted by molar-refractivity contribution is 0.416. The van der Waals surface area contributed by atoms with Crippen molar-refractivity contribution in [3.8, 4) is 0 Å². The lowest BCUT2D eigenvalue weighted by Crippen LogP contribution is -2.18. The van der Waals surface area contributed by atoms with Gasteiger partial charge in [-0.25, -0.2) is 4.98 Å². The van der Waals surface area contributed by atoms with Crippen LogP contribution in [0.1, 0.15) is 36.7 Å². The molecule has 0 amide bonds. The normalized spacial score (nSPS) is 21.1. The summed E-state index contributed by atoms with van der Waals surface area (Å²) in [5.41, 5.74) is 0.934. The Kier molecular flexibility index (Phi) is 3.44. The topological polar surface area (TPSA) is 94.0 Å². The summed E-state index contributed by atoms with van der Waals surface area (Å²) >= 11 is 0. The summed E-state index contributed by atoms with van der Waals surface area (Å²) in [6.07, 6.45) is 5.74. The Bertz CT molecular complexity index is 824. The smallest absolute Gasteiger partial charge is 0.254 e. The van der Waals surface area contributed by atoms with E-state index in [1.807, 2.05) is 19.9 Å². The molecule has 1 fully saturated rings. The van der Waals surface area contributed by atoms with Gasteiger partial charge < -0.3 is 9.73 Å². The van der Waals surface area contributed by atoms with Crippen LogP contribution < -0.4 is 5.32 Å². The Morgan fingerprint density at radius 3 is 3.04 bits per heavy atom. The number of hydrogen-bond acceptors (Lipinski definition) is 7. The van der Waals surface area contributed by atoms with E-state index in [1.54, 1.807) is 4.52 Å². The minimum absolute atomic E-state index is 0.415. The minimum atomic E-state index is 0.415. The fraction of sp³-hybridized carbons (Fsp3) is 0.533. The zero-order valence-electron chi connectivity index (χ0n) is 13.2. The standard InChI is InChI=1S/C15H19N7O/c1-9-5-13(22-15(18-9)16-8-17-22)19-12-4-3-11(6-12)7-14-21-20-10(2)23-14/h5,8,11-12,19H,3-4,6-7H2,1-2H3/t11-,12+/m1/s1. The van der Waals surface area contributed by atoms with E-state index in [0.29, 0.717) is 23.6 Å². The van der Waals surface area contributed by atoms with Crippen molar-refractivity contribution in [2.75, 3.05) is 5.32 Å². The number of rotatable bonds is 4. The first kappa shape index (κ1) is 14.1. The highest BCUT2D eigenvalue weighted by Gasteiger charge is 2.27. The maximum Gasteiger partial charge on any atom is 0.254 e. The molecule has 0 unspecified atom stereocenters. The van der Waals surface area contributed by atoms with Gasteiger partial charge >= 0.3 is 0 Å². The van der Waals surface area contributed by atoms with Crippen molar-refractivity contribution in [1.29, 1.82) is 0 Å². The van der Waals surface area contributed by atoms with Gasteiger partial charge in [0.05, 0.1) is 0 Å². The van der Waals surface area contributed by atoms with Gasteiger partial charge in [-0.15, -0.1) is 10.2 Å². The lowest BCUT2D eigenvalue weighted by atomic mass is 10.0. The van der Waals surface area contributed by atoms with Crippen molar-refractivity contribution >= 4 is 11.6 Å². The Hall–Kier alpha value is -2.51. The van der Waals surface area contributed by atoms with Gasteiger partial charge in [-0.2, -0.15) is 14.6 Å². The van der Waals surface area contributed by atoms with Crippen LogP contribution in [0.15, 0.2) is 16.8 Å². The molecule has 4 rings (SSSR count). The van der Waals surface area contributed by atoms with Crippen molar-refractivity contribution < 1.29 is 4.42 Å². The number of hydrogen-bond donors (Lipinski definition) is 1. The van der Waals surface area contributed by atoms with Gasteiger partial charge in [0.1, 0.15) is 12.1 Å². The number of anilines is 1. The van der Waals surface area contributed by atoms with Crippen molar-refractivity contribution in [1.82, 2.24) is 29.8 Å². The molecule has 0 spiro atoms. The summed E-state index contributed by atoms with van der Waals surface area (Å²) in [7, 11) is 0. The summed E-state index contributed by atoms with van der Waals surface area (Å²) in [6, 6.07) is 2.43. The summed E-state index contributed by atoms with van der Waals surface area (Å²) in [6.45, 7) is 3.79. The largest absolute Gasteiger partial charge is 0.426 e. The molecule has 1 saturated carbocycles. The zero-order valence-corrected chi connectivity index (χ0v) is 13.2. The molecule has 0 bridgehead atoms. The molecule has 8 nitrogen and oxygen atoms in total. The predicted octanol–water partition coefficient (Wildman–Crippen LogP) is 1.95. The van der Waals surface area contributed by atoms with E-state index in [1.165, 1.54) is 6.33 Å². The number of nitrogens with zero attached hydrogens (tertiary/aromatic N) is 6. The van der Waals surface area contributed by atoms with E-state index < -0.39 is 0 Å². The summed E-state index contributed by atoms with van der Waals surface area (Å²) in [4.78, 5) is 8.53. The maximum absolute atomic E-state index is 5.49. The van der Waals surface area contributed by atoms with E-state index >= 15 is 0 Å². The SMILES string of the molecule is Cc1cc(N[C@H]2CC[C@@H](Cc3nnc(C)o3)C2)n2ncnc2n1. The second-order valence-corrected chi connectivity index (χ2v) is 6.19. The highest BCUT2D eigenvalue weighted by atomic mass is 16.4. The first-order valence-electron chi connectivity index (χ1n) is 7.90. The molecule has 2 atom stereocenters. The molecule has 3 aromatic heterocycles. The lowest BCUT2D eigenvalue weighted by Gasteiger charge is -2.15. The van der Waals surface area contributed by atoms with Crippen molar-refractivity contribution in [3.05, 3.63) is 29.9 Å². The highest BCUT2D eigenvalue weighted by molar-refractivity contribution is 5.45. The van der Waals surface area contributed by atoms with E-state index in [9.17, 15) is 0 Å². The molecule has 1 aliphatic rings. The second kappa shape index (κ2) is 5.60. The fourth-order valence-electron chi connectivity index (χ4n) is 3.30. The number of aryl methyl sites for hydroxylation is 2. The molecule has 3 aromatic rings. The monoisotopic (exact) mass is 313 g/mol. The van der Waals surface area contributed by atoms with Crippen LogP contribution in [0.25, 0.3) is 5.78 Å². The van der Waals surface area contributed by atoms with Crippen LogP contribution in [0.3, 0.4) is 0 Å². The van der Waals surface area contributed by atoms with E-state index in [-0.39, 0.29) is 0 Å². The average Bonchev–Trinajstić information content (AvgIpc) is 3.21.